The number of ether oxygens (including phenoxy) is 1. The number of benzene rings is 2. The van der Waals surface area contributed by atoms with Gasteiger partial charge in [-0.1, -0.05) is 18.9 Å². The van der Waals surface area contributed by atoms with E-state index in [1.54, 1.807) is 28.9 Å². The Labute approximate surface area is 178 Å². The van der Waals surface area contributed by atoms with E-state index in [1.165, 1.54) is 32.1 Å². The first kappa shape index (κ1) is 20.7. The van der Waals surface area contributed by atoms with E-state index in [-0.39, 0.29) is 17.0 Å². The van der Waals surface area contributed by atoms with Gasteiger partial charge in [-0.15, -0.1) is 0 Å². The average molecular weight is 423 g/mol. The Bertz CT molecular complexity index is 1190. The number of hydrogen-bond donors (Lipinski definition) is 3. The predicted molar refractivity (Wildman–Crippen MR) is 117 cm³/mol. The number of nitrogens with one attached hydrogen (secondary N) is 2. The Morgan fingerprint density at radius 3 is 2.68 bits per heavy atom. The van der Waals surface area contributed by atoms with Gasteiger partial charge in [0.15, 0.2) is 0 Å². The van der Waals surface area contributed by atoms with Crippen molar-refractivity contribution in [2.75, 3.05) is 12.4 Å². The summed E-state index contributed by atoms with van der Waals surface area (Å²) < 4.78 is 7.01. The number of amides is 1. The summed E-state index contributed by atoms with van der Waals surface area (Å²) in [6.45, 7) is 0.301. The van der Waals surface area contributed by atoms with Crippen molar-refractivity contribution in [2.24, 2.45) is 5.92 Å². The van der Waals surface area contributed by atoms with Crippen molar-refractivity contribution in [1.29, 1.82) is 0 Å². The number of nitrogens with zero attached hydrogens (tertiary/aromatic N) is 1. The maximum atomic E-state index is 12.5. The Hall–Kier alpha value is -3.55. The van der Waals surface area contributed by atoms with Crippen LogP contribution in [0.4, 0.5) is 5.69 Å². The van der Waals surface area contributed by atoms with Crippen LogP contribution in [0.1, 0.15) is 48.0 Å². The van der Waals surface area contributed by atoms with Gasteiger partial charge in [0.05, 0.1) is 30.1 Å². The van der Waals surface area contributed by atoms with Gasteiger partial charge in [-0.2, -0.15) is 0 Å². The van der Waals surface area contributed by atoms with E-state index < -0.39 is 5.97 Å². The number of carbonyl (C=O) groups is 2. The molecule has 0 bridgehead atoms. The Morgan fingerprint density at radius 1 is 1.19 bits per heavy atom. The molecule has 0 aliphatic heterocycles. The molecular formula is C23H25N3O5. The number of anilines is 1. The standard InChI is InChI=1S/C23H25N3O5/c1-31-20-11-15(23(29)30)6-7-16(20)13-26-19-9-8-17(12-18(19)22(28)25-26)24-21(27)10-14-4-2-3-5-14/h6-9,11-12,14H,2-5,10,13H2,1H3,(H,24,27)(H,25,28)(H,29,30). The minimum Gasteiger partial charge on any atom is -0.496 e. The third-order valence-electron chi connectivity index (χ3n) is 5.86. The van der Waals surface area contributed by atoms with Crippen LogP contribution in [0.5, 0.6) is 5.75 Å². The van der Waals surface area contributed by atoms with Crippen LogP contribution in [-0.2, 0) is 11.3 Å². The summed E-state index contributed by atoms with van der Waals surface area (Å²) in [7, 11) is 1.47. The molecule has 1 heterocycles. The molecule has 1 saturated carbocycles. The molecule has 1 amide bonds. The smallest absolute Gasteiger partial charge is 0.335 e. The van der Waals surface area contributed by atoms with E-state index in [2.05, 4.69) is 10.4 Å². The molecule has 8 nitrogen and oxygen atoms in total. The summed E-state index contributed by atoms with van der Waals surface area (Å²) in [5.41, 5.74) is 1.88. The van der Waals surface area contributed by atoms with Crippen molar-refractivity contribution >= 4 is 28.5 Å². The van der Waals surface area contributed by atoms with Gasteiger partial charge in [-0.05, 0) is 49.1 Å². The van der Waals surface area contributed by atoms with Gasteiger partial charge in [-0.3, -0.25) is 19.4 Å². The lowest BCUT2D eigenvalue weighted by Gasteiger charge is -2.11. The Morgan fingerprint density at radius 2 is 1.97 bits per heavy atom. The summed E-state index contributed by atoms with van der Waals surface area (Å²) in [5.74, 6) is -0.174. The van der Waals surface area contributed by atoms with E-state index in [0.29, 0.717) is 41.2 Å². The van der Waals surface area contributed by atoms with Crippen LogP contribution in [0.25, 0.3) is 10.9 Å². The number of carbonyl (C=O) groups excluding carboxylic acids is 1. The number of aromatic nitrogens is 2. The van der Waals surface area contributed by atoms with E-state index in [1.807, 2.05) is 0 Å². The first-order valence-corrected chi connectivity index (χ1v) is 10.4. The van der Waals surface area contributed by atoms with Gasteiger partial charge in [0.1, 0.15) is 5.75 Å². The van der Waals surface area contributed by atoms with E-state index in [9.17, 15) is 14.4 Å². The number of methoxy groups -OCH3 is 1. The fraction of sp³-hybridized carbons (Fsp3) is 0.348. The van der Waals surface area contributed by atoms with Gasteiger partial charge in [0.25, 0.3) is 5.56 Å². The molecule has 162 valence electrons. The average Bonchev–Trinajstić information content (AvgIpc) is 3.36. The largest absolute Gasteiger partial charge is 0.496 e. The first-order chi connectivity index (χ1) is 14.9. The Kier molecular flexibility index (Phi) is 5.79. The summed E-state index contributed by atoms with van der Waals surface area (Å²) in [4.78, 5) is 36.0. The molecule has 4 rings (SSSR count). The SMILES string of the molecule is COc1cc(C(=O)O)ccc1Cn1[nH]c(=O)c2cc(NC(=O)CC3CCCC3)ccc21. The monoisotopic (exact) mass is 423 g/mol. The Balaban J connectivity index is 1.56. The minimum absolute atomic E-state index is 0.0228. The zero-order valence-electron chi connectivity index (χ0n) is 17.3. The molecule has 1 fully saturated rings. The van der Waals surface area contributed by atoms with Crippen LogP contribution in [0.2, 0.25) is 0 Å². The summed E-state index contributed by atoms with van der Waals surface area (Å²) >= 11 is 0. The molecule has 8 heteroatoms. The zero-order chi connectivity index (χ0) is 22.0. The van der Waals surface area contributed by atoms with Gasteiger partial charge in [-0.25, -0.2) is 4.79 Å². The highest BCUT2D eigenvalue weighted by molar-refractivity contribution is 5.93. The number of carboxylic acid groups (broad SMARTS) is 1. The highest BCUT2D eigenvalue weighted by atomic mass is 16.5. The highest BCUT2D eigenvalue weighted by Gasteiger charge is 2.19. The molecule has 0 saturated heterocycles. The second-order valence-electron chi connectivity index (χ2n) is 7.99. The van der Waals surface area contributed by atoms with E-state index in [4.69, 9.17) is 9.84 Å². The molecule has 31 heavy (non-hydrogen) atoms. The summed E-state index contributed by atoms with van der Waals surface area (Å²) in [6.07, 6.45) is 5.10. The van der Waals surface area contributed by atoms with Crippen LogP contribution in [0.15, 0.2) is 41.2 Å². The van der Waals surface area contributed by atoms with Gasteiger partial charge >= 0.3 is 5.97 Å². The fourth-order valence-corrected chi connectivity index (χ4v) is 4.27. The highest BCUT2D eigenvalue weighted by Crippen LogP contribution is 2.28. The van der Waals surface area contributed by atoms with E-state index in [0.717, 1.165) is 18.4 Å². The number of rotatable bonds is 7. The summed E-state index contributed by atoms with van der Waals surface area (Å²) in [6, 6.07) is 9.88. The molecular weight excluding hydrogens is 398 g/mol. The normalized spacial score (nSPS) is 14.1. The predicted octanol–water partition coefficient (Wildman–Crippen LogP) is 3.60. The minimum atomic E-state index is -1.04. The molecule has 2 aromatic carbocycles. The molecule has 0 unspecified atom stereocenters. The van der Waals surface area contributed by atoms with E-state index >= 15 is 0 Å². The molecule has 1 aromatic heterocycles. The molecule has 1 aliphatic rings. The van der Waals surface area contributed by atoms with Crippen LogP contribution >= 0.6 is 0 Å². The van der Waals surface area contributed by atoms with Crippen LogP contribution < -0.4 is 15.6 Å². The van der Waals surface area contributed by atoms with Crippen molar-refractivity contribution in [3.05, 3.63) is 57.9 Å². The maximum absolute atomic E-state index is 12.5. The second-order valence-corrected chi connectivity index (χ2v) is 7.99. The van der Waals surface area contributed by atoms with Crippen molar-refractivity contribution in [3.8, 4) is 5.75 Å². The fourth-order valence-electron chi connectivity index (χ4n) is 4.27. The number of hydrogen-bond acceptors (Lipinski definition) is 4. The second kappa shape index (κ2) is 8.67. The van der Waals surface area contributed by atoms with Gasteiger partial charge < -0.3 is 15.2 Å². The third-order valence-corrected chi connectivity index (χ3v) is 5.86. The number of fused-ring (bicyclic) bond motifs is 1. The lowest BCUT2D eigenvalue weighted by atomic mass is 10.0. The quantitative estimate of drug-likeness (QED) is 0.537. The van der Waals surface area contributed by atoms with Crippen LogP contribution in [-0.4, -0.2) is 33.9 Å². The van der Waals surface area contributed by atoms with Crippen LogP contribution in [0, 0.1) is 5.92 Å². The number of carboxylic acids is 1. The zero-order valence-corrected chi connectivity index (χ0v) is 17.3. The molecule has 3 aromatic rings. The van der Waals surface area contributed by atoms with Crippen LogP contribution in [0.3, 0.4) is 0 Å². The molecule has 0 atom stereocenters. The number of aromatic carboxylic acids is 1. The molecule has 0 radical (unpaired) electrons. The van der Waals surface area contributed by atoms with Gasteiger partial charge in [0, 0.05) is 17.7 Å². The third kappa shape index (κ3) is 4.47. The van der Waals surface area contributed by atoms with Crippen molar-refractivity contribution in [3.63, 3.8) is 0 Å². The van der Waals surface area contributed by atoms with Crippen molar-refractivity contribution in [2.45, 2.75) is 38.6 Å². The molecule has 0 spiro atoms. The van der Waals surface area contributed by atoms with Crippen molar-refractivity contribution < 1.29 is 19.4 Å². The van der Waals surface area contributed by atoms with Gasteiger partial charge in [0.2, 0.25) is 5.91 Å². The topological polar surface area (TPSA) is 113 Å². The number of H-pyrrole nitrogens is 1. The molecule has 3 N–H and O–H groups in total. The maximum Gasteiger partial charge on any atom is 0.335 e. The lowest BCUT2D eigenvalue weighted by molar-refractivity contribution is -0.117. The molecule has 1 aliphatic carbocycles. The summed E-state index contributed by atoms with van der Waals surface area (Å²) in [5, 5.41) is 15.3. The van der Waals surface area contributed by atoms with Crippen molar-refractivity contribution in [1.82, 2.24) is 9.78 Å². The number of aromatic amines is 1. The first-order valence-electron chi connectivity index (χ1n) is 10.4. The lowest BCUT2D eigenvalue weighted by Crippen LogP contribution is -2.15.